The van der Waals surface area contributed by atoms with Gasteiger partial charge in [0.2, 0.25) is 0 Å². The molecule has 0 aliphatic heterocycles. The summed E-state index contributed by atoms with van der Waals surface area (Å²) in [5.41, 5.74) is 6.15. The summed E-state index contributed by atoms with van der Waals surface area (Å²) >= 11 is 3.09. The number of nitrogens with two attached hydrogens (primary N) is 1. The molecule has 1 heterocycles. The maximum atomic E-state index is 12.4. The number of alkyl halides is 3. The van der Waals surface area contributed by atoms with Gasteiger partial charge in [-0.25, -0.2) is 4.98 Å². The minimum atomic E-state index is -4.78. The molecular formula is C12H9BrF3N3O. The van der Waals surface area contributed by atoms with E-state index >= 15 is 0 Å². The number of nitrogens with zero attached hydrogens (tertiary/aromatic N) is 1. The zero-order valence-electron chi connectivity index (χ0n) is 9.91. The smallest absolute Gasteiger partial charge is 0.404 e. The summed E-state index contributed by atoms with van der Waals surface area (Å²) in [6.07, 6.45) is -3.33. The highest BCUT2D eigenvalue weighted by atomic mass is 79.9. The van der Waals surface area contributed by atoms with Gasteiger partial charge in [0.15, 0.2) is 5.75 Å². The Kier molecular flexibility index (Phi) is 4.03. The monoisotopic (exact) mass is 347 g/mol. The van der Waals surface area contributed by atoms with E-state index in [2.05, 4.69) is 31.0 Å². The molecule has 0 fully saturated rings. The Morgan fingerprint density at radius 2 is 1.95 bits per heavy atom. The molecule has 1 aromatic carbocycles. The number of hydrogen-bond donors (Lipinski definition) is 2. The molecule has 0 aliphatic carbocycles. The Labute approximate surface area is 120 Å². The molecule has 1 aromatic heterocycles. The van der Waals surface area contributed by atoms with Crippen LogP contribution >= 0.6 is 15.9 Å². The minimum absolute atomic E-state index is 0.128. The maximum absolute atomic E-state index is 12.4. The number of nitrogens with one attached hydrogen (secondary N) is 1. The topological polar surface area (TPSA) is 60.2 Å². The Bertz CT molecular complexity index is 619. The molecule has 0 radical (unpaired) electrons. The molecule has 8 heteroatoms. The molecule has 0 atom stereocenters. The zero-order valence-corrected chi connectivity index (χ0v) is 11.5. The SMILES string of the molecule is Nc1ccnc(Nc2ccc(Br)cc2OC(F)(F)F)c1. The lowest BCUT2D eigenvalue weighted by molar-refractivity contribution is -0.274. The number of rotatable bonds is 3. The molecule has 0 spiro atoms. The molecule has 0 saturated carbocycles. The number of nitrogen functional groups attached to an aromatic ring is 1. The van der Waals surface area contributed by atoms with Crippen LogP contribution in [0.1, 0.15) is 0 Å². The first-order chi connectivity index (χ1) is 9.33. The van der Waals surface area contributed by atoms with Crippen LogP contribution < -0.4 is 15.8 Å². The zero-order chi connectivity index (χ0) is 14.8. The van der Waals surface area contributed by atoms with Crippen molar-refractivity contribution in [1.82, 2.24) is 4.98 Å². The first-order valence-corrected chi connectivity index (χ1v) is 6.17. The molecule has 106 valence electrons. The van der Waals surface area contributed by atoms with E-state index in [0.717, 1.165) is 0 Å². The van der Waals surface area contributed by atoms with Crippen LogP contribution in [0.2, 0.25) is 0 Å². The van der Waals surface area contributed by atoms with E-state index < -0.39 is 6.36 Å². The standard InChI is InChI=1S/C12H9BrF3N3O/c13-7-1-2-9(10(5-7)20-12(14,15)16)19-11-6-8(17)3-4-18-11/h1-6H,(H3,17,18,19). The largest absolute Gasteiger partial charge is 0.573 e. The quantitative estimate of drug-likeness (QED) is 0.878. The lowest BCUT2D eigenvalue weighted by Crippen LogP contribution is -2.18. The fourth-order valence-corrected chi connectivity index (χ4v) is 1.80. The van der Waals surface area contributed by atoms with Gasteiger partial charge >= 0.3 is 6.36 Å². The number of hydrogen-bond acceptors (Lipinski definition) is 4. The van der Waals surface area contributed by atoms with E-state index in [1.54, 1.807) is 12.1 Å². The van der Waals surface area contributed by atoms with E-state index in [0.29, 0.717) is 16.0 Å². The van der Waals surface area contributed by atoms with Gasteiger partial charge in [-0.1, -0.05) is 15.9 Å². The number of aromatic nitrogens is 1. The summed E-state index contributed by atoms with van der Waals surface area (Å²) in [4.78, 5) is 3.96. The Morgan fingerprint density at radius 1 is 1.20 bits per heavy atom. The van der Waals surface area contributed by atoms with Crippen LogP contribution in [0.4, 0.5) is 30.4 Å². The third kappa shape index (κ3) is 4.02. The number of pyridine rings is 1. The number of anilines is 3. The molecule has 3 N–H and O–H groups in total. The molecule has 20 heavy (non-hydrogen) atoms. The van der Waals surface area contributed by atoms with E-state index in [1.165, 1.54) is 24.4 Å². The van der Waals surface area contributed by atoms with Crippen molar-refractivity contribution in [3.63, 3.8) is 0 Å². The molecule has 2 aromatic rings. The third-order valence-corrected chi connectivity index (χ3v) is 2.71. The van der Waals surface area contributed by atoms with Crippen molar-refractivity contribution >= 4 is 33.1 Å². The highest BCUT2D eigenvalue weighted by molar-refractivity contribution is 9.10. The summed E-state index contributed by atoms with van der Waals surface area (Å²) in [6.45, 7) is 0. The van der Waals surface area contributed by atoms with Crippen molar-refractivity contribution in [2.24, 2.45) is 0 Å². The fourth-order valence-electron chi connectivity index (χ4n) is 1.46. The second-order valence-corrected chi connectivity index (χ2v) is 4.70. The van der Waals surface area contributed by atoms with Crippen molar-refractivity contribution in [3.8, 4) is 5.75 Å². The van der Waals surface area contributed by atoms with Gasteiger partial charge in [0.25, 0.3) is 0 Å². The Balaban J connectivity index is 2.31. The lowest BCUT2D eigenvalue weighted by Gasteiger charge is -2.14. The van der Waals surface area contributed by atoms with E-state index in [4.69, 9.17) is 5.73 Å². The maximum Gasteiger partial charge on any atom is 0.573 e. The molecule has 0 bridgehead atoms. The third-order valence-electron chi connectivity index (χ3n) is 2.22. The van der Waals surface area contributed by atoms with Gasteiger partial charge in [0.1, 0.15) is 5.82 Å². The molecule has 0 aliphatic rings. The molecule has 0 saturated heterocycles. The normalized spacial score (nSPS) is 11.2. The number of benzene rings is 1. The molecule has 0 unspecified atom stereocenters. The first-order valence-electron chi connectivity index (χ1n) is 5.37. The van der Waals surface area contributed by atoms with Crippen LogP contribution in [-0.2, 0) is 0 Å². The van der Waals surface area contributed by atoms with E-state index in [1.807, 2.05) is 0 Å². The average molecular weight is 348 g/mol. The van der Waals surface area contributed by atoms with Crippen LogP contribution in [0.15, 0.2) is 41.0 Å². The van der Waals surface area contributed by atoms with Gasteiger partial charge in [-0.15, -0.1) is 13.2 Å². The van der Waals surface area contributed by atoms with Crippen LogP contribution in [0.3, 0.4) is 0 Å². The second kappa shape index (κ2) is 5.58. The van der Waals surface area contributed by atoms with Crippen LogP contribution in [0.5, 0.6) is 5.75 Å². The van der Waals surface area contributed by atoms with Crippen LogP contribution in [0, 0.1) is 0 Å². The second-order valence-electron chi connectivity index (χ2n) is 3.79. The molecular weight excluding hydrogens is 339 g/mol. The van der Waals surface area contributed by atoms with Crippen molar-refractivity contribution in [1.29, 1.82) is 0 Å². The van der Waals surface area contributed by atoms with Gasteiger partial charge in [0.05, 0.1) is 5.69 Å². The molecule has 0 amide bonds. The predicted molar refractivity (Wildman–Crippen MR) is 72.8 cm³/mol. The van der Waals surface area contributed by atoms with Gasteiger partial charge in [-0.2, -0.15) is 0 Å². The predicted octanol–water partition coefficient (Wildman–Crippen LogP) is 4.07. The molecule has 4 nitrogen and oxygen atoms in total. The summed E-state index contributed by atoms with van der Waals surface area (Å²) in [7, 11) is 0. The van der Waals surface area contributed by atoms with Gasteiger partial charge in [-0.3, -0.25) is 0 Å². The van der Waals surface area contributed by atoms with Crippen molar-refractivity contribution in [2.45, 2.75) is 6.36 Å². The minimum Gasteiger partial charge on any atom is -0.404 e. The van der Waals surface area contributed by atoms with Crippen molar-refractivity contribution in [3.05, 3.63) is 41.0 Å². The Morgan fingerprint density at radius 3 is 2.60 bits per heavy atom. The van der Waals surface area contributed by atoms with E-state index in [9.17, 15) is 13.2 Å². The summed E-state index contributed by atoms with van der Waals surface area (Å²) in [5.74, 6) is -0.0459. The van der Waals surface area contributed by atoms with Crippen LogP contribution in [0.25, 0.3) is 0 Å². The summed E-state index contributed by atoms with van der Waals surface area (Å²) < 4.78 is 41.5. The summed E-state index contributed by atoms with van der Waals surface area (Å²) in [6, 6.07) is 7.30. The highest BCUT2D eigenvalue weighted by Crippen LogP contribution is 2.34. The number of halogens is 4. The number of ether oxygens (including phenoxy) is 1. The fraction of sp³-hybridized carbons (Fsp3) is 0.0833. The molecule has 2 rings (SSSR count). The summed E-state index contributed by atoms with van der Waals surface area (Å²) in [5, 5.41) is 2.73. The van der Waals surface area contributed by atoms with Crippen molar-refractivity contribution in [2.75, 3.05) is 11.1 Å². The van der Waals surface area contributed by atoms with Gasteiger partial charge in [0, 0.05) is 22.4 Å². The van der Waals surface area contributed by atoms with Crippen molar-refractivity contribution < 1.29 is 17.9 Å². The van der Waals surface area contributed by atoms with Crippen LogP contribution in [-0.4, -0.2) is 11.3 Å². The lowest BCUT2D eigenvalue weighted by atomic mass is 10.3. The van der Waals surface area contributed by atoms with Gasteiger partial charge in [-0.05, 0) is 24.3 Å². The first kappa shape index (κ1) is 14.4. The van der Waals surface area contributed by atoms with E-state index in [-0.39, 0.29) is 11.4 Å². The Hall–Kier alpha value is -1.96. The average Bonchev–Trinajstić information content (AvgIpc) is 2.31. The van der Waals surface area contributed by atoms with Gasteiger partial charge < -0.3 is 15.8 Å². The highest BCUT2D eigenvalue weighted by Gasteiger charge is 2.32.